The number of nitrogen functional groups attached to an aromatic ring is 1. The zero-order valence-electron chi connectivity index (χ0n) is 9.27. The summed E-state index contributed by atoms with van der Waals surface area (Å²) in [7, 11) is 3.05. The summed E-state index contributed by atoms with van der Waals surface area (Å²) in [6, 6.07) is 9.49. The molecule has 88 valence electrons. The van der Waals surface area contributed by atoms with E-state index >= 15 is 0 Å². The van der Waals surface area contributed by atoms with Gasteiger partial charge in [0.25, 0.3) is 0 Å². The van der Waals surface area contributed by atoms with Gasteiger partial charge in [-0.1, -0.05) is 18.2 Å². The molecule has 0 saturated carbocycles. The zero-order chi connectivity index (χ0) is 10.8. The lowest BCUT2D eigenvalue weighted by molar-refractivity contribution is 0.163. The molecular weight excluding hydrogens is 214 g/mol. The van der Waals surface area contributed by atoms with E-state index in [1.807, 2.05) is 30.3 Å². The Kier molecular flexibility index (Phi) is 12.3. The van der Waals surface area contributed by atoms with Gasteiger partial charge >= 0.3 is 9.53 Å². The van der Waals surface area contributed by atoms with Crippen LogP contribution in [-0.4, -0.2) is 36.3 Å². The highest BCUT2D eigenvalue weighted by Crippen LogP contribution is 1.95. The molecule has 1 aromatic rings. The van der Waals surface area contributed by atoms with E-state index < -0.39 is 9.53 Å². The summed E-state index contributed by atoms with van der Waals surface area (Å²) < 4.78 is 14.2. The third-order valence-electron chi connectivity index (χ3n) is 1.38. The first-order valence-electron chi connectivity index (χ1n) is 4.13. The molecule has 1 rings (SSSR count). The molecule has 0 aliphatic heterocycles. The molecule has 6 heteroatoms. The summed E-state index contributed by atoms with van der Waals surface area (Å²) in [5.74, 6) is 0. The molecule has 0 aromatic heterocycles. The molecule has 0 aliphatic carbocycles. The monoisotopic (exact) mass is 233 g/mol. The molecule has 0 atom stereocenters. The van der Waals surface area contributed by atoms with Gasteiger partial charge in [0.2, 0.25) is 0 Å². The Morgan fingerprint density at radius 2 is 1.33 bits per heavy atom. The van der Waals surface area contributed by atoms with E-state index in [4.69, 9.17) is 19.0 Å². The van der Waals surface area contributed by atoms with Crippen molar-refractivity contribution in [1.82, 2.24) is 0 Å². The van der Waals surface area contributed by atoms with Gasteiger partial charge in [0.1, 0.15) is 0 Å². The number of anilines is 1. The summed E-state index contributed by atoms with van der Waals surface area (Å²) in [4.78, 5) is 0. The van der Waals surface area contributed by atoms with Crippen LogP contribution in [0.2, 0.25) is 0 Å². The summed E-state index contributed by atoms with van der Waals surface area (Å²) in [5, 5.41) is 0. The highest BCUT2D eigenvalue weighted by Gasteiger charge is 2.04. The van der Waals surface area contributed by atoms with Crippen molar-refractivity contribution in [2.75, 3.05) is 27.1 Å². The normalized spacial score (nSPS) is 8.80. The van der Waals surface area contributed by atoms with Crippen molar-refractivity contribution in [2.45, 2.75) is 0 Å². The number of nitrogens with two attached hydrogens (primary N) is 1. The quantitative estimate of drug-likeness (QED) is 0.592. The number of hydrogen-bond donors (Lipinski definition) is 1. The maximum absolute atomic E-state index is 5.36. The van der Waals surface area contributed by atoms with E-state index in [0.717, 1.165) is 5.69 Å². The second kappa shape index (κ2) is 11.2. The Labute approximate surface area is 92.0 Å². The molecule has 0 spiro atoms. The lowest BCUT2D eigenvalue weighted by Crippen LogP contribution is -2.21. The van der Waals surface area contributed by atoms with Gasteiger partial charge in [-0.05, 0) is 12.1 Å². The van der Waals surface area contributed by atoms with Crippen LogP contribution in [0.25, 0.3) is 0 Å². The molecule has 0 unspecified atom stereocenters. The van der Waals surface area contributed by atoms with Crippen LogP contribution < -0.4 is 5.73 Å². The summed E-state index contributed by atoms with van der Waals surface area (Å²) in [6.07, 6.45) is 0. The lowest BCUT2D eigenvalue weighted by atomic mass is 10.3. The minimum atomic E-state index is -1.67. The fraction of sp³-hybridized carbons (Fsp3) is 0.333. The van der Waals surface area contributed by atoms with Crippen LogP contribution in [0.1, 0.15) is 0 Å². The number of benzene rings is 1. The van der Waals surface area contributed by atoms with Crippen LogP contribution in [0.5, 0.6) is 0 Å². The average molecular weight is 233 g/mol. The van der Waals surface area contributed by atoms with Crippen LogP contribution in [0.3, 0.4) is 0 Å². The van der Waals surface area contributed by atoms with E-state index in [-0.39, 0.29) is 5.48 Å². The number of hydrogen-bond acceptors (Lipinski definition) is 4. The summed E-state index contributed by atoms with van der Waals surface area (Å²) in [6.45, 7) is 0. The summed E-state index contributed by atoms with van der Waals surface area (Å²) >= 11 is 0. The van der Waals surface area contributed by atoms with Gasteiger partial charge < -0.3 is 24.5 Å². The fourth-order valence-corrected chi connectivity index (χ4v) is 1.32. The molecule has 0 fully saturated rings. The third-order valence-corrected chi connectivity index (χ3v) is 2.53. The SMILES string of the molecule is CO[SiH](OC)OC.Nc1ccccc1.O. The van der Waals surface area contributed by atoms with Crippen molar-refractivity contribution in [3.8, 4) is 0 Å². The molecule has 0 saturated heterocycles. The maximum Gasteiger partial charge on any atom is 0.483 e. The van der Waals surface area contributed by atoms with Gasteiger partial charge in [-0.3, -0.25) is 0 Å². The average Bonchev–Trinajstić information content (AvgIpc) is 2.22. The first-order valence-corrected chi connectivity index (χ1v) is 5.55. The predicted octanol–water partition coefficient (Wildman–Crippen LogP) is 0.0869. The Morgan fingerprint density at radius 1 is 0.933 bits per heavy atom. The van der Waals surface area contributed by atoms with Gasteiger partial charge in [-0.15, -0.1) is 0 Å². The van der Waals surface area contributed by atoms with Gasteiger partial charge in [-0.2, -0.15) is 0 Å². The van der Waals surface area contributed by atoms with Crippen molar-refractivity contribution in [1.29, 1.82) is 0 Å². The molecule has 4 N–H and O–H groups in total. The fourth-order valence-electron chi connectivity index (χ4n) is 0.742. The van der Waals surface area contributed by atoms with E-state index in [1.165, 1.54) is 0 Å². The highest BCUT2D eigenvalue weighted by atomic mass is 28.3. The molecule has 1 aromatic carbocycles. The number of rotatable bonds is 3. The molecule has 0 aliphatic rings. The zero-order valence-corrected chi connectivity index (χ0v) is 10.4. The molecule has 0 amide bonds. The Balaban J connectivity index is 0. The molecule has 5 nitrogen and oxygen atoms in total. The van der Waals surface area contributed by atoms with Crippen molar-refractivity contribution >= 4 is 15.2 Å². The van der Waals surface area contributed by atoms with Gasteiger partial charge in [0.05, 0.1) is 0 Å². The Morgan fingerprint density at radius 3 is 1.47 bits per heavy atom. The molecule has 0 heterocycles. The first kappa shape index (κ1) is 16.5. The molecular formula is C9H19NO4Si. The molecule has 15 heavy (non-hydrogen) atoms. The first-order chi connectivity index (χ1) is 6.74. The van der Waals surface area contributed by atoms with E-state index in [1.54, 1.807) is 21.3 Å². The Bertz CT molecular complexity index is 213. The second-order valence-corrected chi connectivity index (χ2v) is 4.40. The van der Waals surface area contributed by atoms with Gasteiger partial charge in [0.15, 0.2) is 0 Å². The summed E-state index contributed by atoms with van der Waals surface area (Å²) in [5.41, 5.74) is 6.18. The van der Waals surface area contributed by atoms with Crippen molar-refractivity contribution < 1.29 is 18.8 Å². The lowest BCUT2D eigenvalue weighted by Gasteiger charge is -2.05. The van der Waals surface area contributed by atoms with Crippen molar-refractivity contribution in [3.63, 3.8) is 0 Å². The van der Waals surface area contributed by atoms with Crippen LogP contribution in [0.15, 0.2) is 30.3 Å². The van der Waals surface area contributed by atoms with Crippen LogP contribution in [0.4, 0.5) is 5.69 Å². The minimum Gasteiger partial charge on any atom is -0.412 e. The van der Waals surface area contributed by atoms with E-state index in [0.29, 0.717) is 0 Å². The largest absolute Gasteiger partial charge is 0.483 e. The van der Waals surface area contributed by atoms with Crippen LogP contribution in [-0.2, 0) is 13.3 Å². The minimum absolute atomic E-state index is 0. The predicted molar refractivity (Wildman–Crippen MR) is 62.6 cm³/mol. The van der Waals surface area contributed by atoms with Crippen molar-refractivity contribution in [2.24, 2.45) is 0 Å². The Hall–Kier alpha value is -0.923. The maximum atomic E-state index is 5.36. The second-order valence-electron chi connectivity index (χ2n) is 2.41. The van der Waals surface area contributed by atoms with Crippen molar-refractivity contribution in [3.05, 3.63) is 30.3 Å². The molecule has 0 radical (unpaired) electrons. The number of para-hydroxylation sites is 1. The van der Waals surface area contributed by atoms with E-state index in [2.05, 4.69) is 0 Å². The van der Waals surface area contributed by atoms with Crippen LogP contribution >= 0.6 is 0 Å². The standard InChI is InChI=1S/C6H7N.C3H10O3Si.H2O/c7-6-4-2-1-3-5-6;1-4-7(5-2)6-3;/h1-5H,7H2;7H,1-3H3;1H2. The van der Waals surface area contributed by atoms with Crippen LogP contribution in [0, 0.1) is 0 Å². The van der Waals surface area contributed by atoms with Gasteiger partial charge in [-0.25, -0.2) is 0 Å². The van der Waals surface area contributed by atoms with E-state index in [9.17, 15) is 0 Å². The smallest absolute Gasteiger partial charge is 0.412 e. The highest BCUT2D eigenvalue weighted by molar-refractivity contribution is 6.36. The van der Waals surface area contributed by atoms with Gasteiger partial charge in [0, 0.05) is 27.0 Å². The topological polar surface area (TPSA) is 85.2 Å². The molecule has 0 bridgehead atoms. The third kappa shape index (κ3) is 9.38.